The summed E-state index contributed by atoms with van der Waals surface area (Å²) in [5, 5.41) is 21.8. The summed E-state index contributed by atoms with van der Waals surface area (Å²) in [6.45, 7) is 2.91. The van der Waals surface area contributed by atoms with Crippen molar-refractivity contribution in [3.8, 4) is 5.75 Å². The van der Waals surface area contributed by atoms with Gasteiger partial charge in [0.2, 0.25) is 23.8 Å². The van der Waals surface area contributed by atoms with Crippen molar-refractivity contribution >= 4 is 35.1 Å². The van der Waals surface area contributed by atoms with E-state index in [2.05, 4.69) is 36.2 Å². The Bertz CT molecular complexity index is 965. The Morgan fingerprint density at radius 3 is 2.00 bits per heavy atom. The van der Waals surface area contributed by atoms with Gasteiger partial charge in [0.15, 0.2) is 0 Å². The molecular formula is C22H27N7O2. The number of rotatable bonds is 11. The van der Waals surface area contributed by atoms with Crippen LogP contribution in [-0.4, -0.2) is 39.1 Å². The molecule has 0 unspecified atom stereocenters. The second-order valence-corrected chi connectivity index (χ2v) is 6.94. The van der Waals surface area contributed by atoms with Crippen LogP contribution in [0.4, 0.5) is 29.2 Å². The third-order valence-electron chi connectivity index (χ3n) is 4.30. The van der Waals surface area contributed by atoms with Crippen LogP contribution < -0.4 is 21.3 Å². The second kappa shape index (κ2) is 11.3. The first-order chi connectivity index (χ1) is 15.1. The maximum atomic E-state index is 10.9. The third kappa shape index (κ3) is 7.81. The SMILES string of the molecule is CC(=O)NCCCCCNc1nc(Nc2ccccc2)nc(Nc2ccc(O)cc2)n1. The number of benzene rings is 2. The topological polar surface area (TPSA) is 124 Å². The average Bonchev–Trinajstić information content (AvgIpc) is 2.75. The van der Waals surface area contributed by atoms with E-state index in [1.54, 1.807) is 24.3 Å². The van der Waals surface area contributed by atoms with E-state index in [4.69, 9.17) is 0 Å². The van der Waals surface area contributed by atoms with E-state index in [1.807, 2.05) is 30.3 Å². The first-order valence-corrected chi connectivity index (χ1v) is 10.2. The fourth-order valence-electron chi connectivity index (χ4n) is 2.78. The molecule has 0 aliphatic rings. The number of aromatic hydroxyl groups is 1. The molecule has 0 radical (unpaired) electrons. The number of para-hydroxylation sites is 1. The number of hydrogen-bond donors (Lipinski definition) is 5. The van der Waals surface area contributed by atoms with Crippen molar-refractivity contribution in [2.24, 2.45) is 0 Å². The quantitative estimate of drug-likeness (QED) is 0.234. The van der Waals surface area contributed by atoms with Crippen LogP contribution in [-0.2, 0) is 4.79 Å². The molecule has 0 bridgehead atoms. The number of unbranched alkanes of at least 4 members (excludes halogenated alkanes) is 2. The highest BCUT2D eigenvalue weighted by Gasteiger charge is 2.08. The Morgan fingerprint density at radius 2 is 1.35 bits per heavy atom. The van der Waals surface area contributed by atoms with Gasteiger partial charge in [0.25, 0.3) is 0 Å². The van der Waals surface area contributed by atoms with Crippen molar-refractivity contribution in [3.63, 3.8) is 0 Å². The zero-order valence-electron chi connectivity index (χ0n) is 17.4. The van der Waals surface area contributed by atoms with E-state index < -0.39 is 0 Å². The lowest BCUT2D eigenvalue weighted by Gasteiger charge is -2.11. The van der Waals surface area contributed by atoms with Crippen molar-refractivity contribution in [3.05, 3.63) is 54.6 Å². The van der Waals surface area contributed by atoms with E-state index in [1.165, 1.54) is 6.92 Å². The van der Waals surface area contributed by atoms with Crippen molar-refractivity contribution < 1.29 is 9.90 Å². The molecule has 31 heavy (non-hydrogen) atoms. The first kappa shape index (κ1) is 21.8. The van der Waals surface area contributed by atoms with Gasteiger partial charge in [-0.1, -0.05) is 18.2 Å². The highest BCUT2D eigenvalue weighted by molar-refractivity contribution is 5.72. The Morgan fingerprint density at radius 1 is 0.774 bits per heavy atom. The molecule has 0 saturated carbocycles. The molecule has 0 atom stereocenters. The van der Waals surface area contributed by atoms with E-state index in [0.29, 0.717) is 30.9 Å². The van der Waals surface area contributed by atoms with Gasteiger partial charge in [0.1, 0.15) is 5.75 Å². The zero-order valence-corrected chi connectivity index (χ0v) is 17.4. The summed E-state index contributed by atoms with van der Waals surface area (Å²) in [7, 11) is 0. The van der Waals surface area contributed by atoms with Crippen LogP contribution >= 0.6 is 0 Å². The van der Waals surface area contributed by atoms with Gasteiger partial charge >= 0.3 is 0 Å². The number of nitrogens with zero attached hydrogens (tertiary/aromatic N) is 3. The molecular weight excluding hydrogens is 394 g/mol. The molecule has 0 aliphatic carbocycles. The Balaban J connectivity index is 1.64. The number of anilines is 5. The van der Waals surface area contributed by atoms with Gasteiger partial charge < -0.3 is 26.4 Å². The van der Waals surface area contributed by atoms with Crippen LogP contribution in [0.1, 0.15) is 26.2 Å². The van der Waals surface area contributed by atoms with Gasteiger partial charge in [-0.05, 0) is 55.7 Å². The highest BCUT2D eigenvalue weighted by Crippen LogP contribution is 2.20. The summed E-state index contributed by atoms with van der Waals surface area (Å²) in [5.74, 6) is 1.43. The smallest absolute Gasteiger partial charge is 0.233 e. The number of phenols is 1. The molecule has 162 valence electrons. The van der Waals surface area contributed by atoms with Crippen LogP contribution in [0.15, 0.2) is 54.6 Å². The fourth-order valence-corrected chi connectivity index (χ4v) is 2.78. The van der Waals surface area contributed by atoms with Gasteiger partial charge in [-0.25, -0.2) is 0 Å². The molecule has 3 rings (SSSR count). The second-order valence-electron chi connectivity index (χ2n) is 6.94. The van der Waals surface area contributed by atoms with Gasteiger partial charge in [-0.3, -0.25) is 4.79 Å². The number of aromatic nitrogens is 3. The minimum atomic E-state index is -0.00425. The van der Waals surface area contributed by atoms with Crippen LogP contribution in [0.25, 0.3) is 0 Å². The van der Waals surface area contributed by atoms with Crippen molar-refractivity contribution in [1.82, 2.24) is 20.3 Å². The summed E-state index contributed by atoms with van der Waals surface area (Å²) < 4.78 is 0. The van der Waals surface area contributed by atoms with Gasteiger partial charge in [-0.15, -0.1) is 0 Å². The molecule has 1 aromatic heterocycles. The predicted molar refractivity (Wildman–Crippen MR) is 122 cm³/mol. The average molecular weight is 422 g/mol. The summed E-state index contributed by atoms with van der Waals surface area (Å²) in [6.07, 6.45) is 2.83. The minimum Gasteiger partial charge on any atom is -0.508 e. The number of amides is 1. The molecule has 5 N–H and O–H groups in total. The van der Waals surface area contributed by atoms with E-state index in [-0.39, 0.29) is 11.7 Å². The normalized spacial score (nSPS) is 10.4. The zero-order chi connectivity index (χ0) is 21.9. The molecule has 9 heteroatoms. The summed E-state index contributed by atoms with van der Waals surface area (Å²) in [4.78, 5) is 24.2. The maximum Gasteiger partial charge on any atom is 0.233 e. The number of carbonyl (C=O) groups is 1. The summed E-state index contributed by atoms with van der Waals surface area (Å²) >= 11 is 0. The lowest BCUT2D eigenvalue weighted by atomic mass is 10.2. The van der Waals surface area contributed by atoms with Crippen LogP contribution in [0.2, 0.25) is 0 Å². The lowest BCUT2D eigenvalue weighted by Crippen LogP contribution is -2.20. The molecule has 0 spiro atoms. The molecule has 3 aromatic rings. The van der Waals surface area contributed by atoms with Crippen molar-refractivity contribution in [2.75, 3.05) is 29.0 Å². The minimum absolute atomic E-state index is 0.00425. The standard InChI is InChI=1S/C22H27N7O2/c1-16(30)23-14-6-3-7-15-24-20-27-21(25-17-8-4-2-5-9-17)29-22(28-20)26-18-10-12-19(31)13-11-18/h2,4-5,8-13,31H,3,6-7,14-15H2,1H3,(H,23,30)(H3,24,25,26,27,28,29). The van der Waals surface area contributed by atoms with E-state index in [9.17, 15) is 9.90 Å². The summed E-state index contributed by atoms with van der Waals surface area (Å²) in [5.41, 5.74) is 1.62. The van der Waals surface area contributed by atoms with Gasteiger partial charge in [0.05, 0.1) is 0 Å². The third-order valence-corrected chi connectivity index (χ3v) is 4.30. The number of hydrogen-bond acceptors (Lipinski definition) is 8. The lowest BCUT2D eigenvalue weighted by molar-refractivity contribution is -0.118. The maximum absolute atomic E-state index is 10.9. The van der Waals surface area contributed by atoms with Gasteiger partial charge in [0, 0.05) is 31.4 Å². The molecule has 1 heterocycles. The number of nitrogens with one attached hydrogen (secondary N) is 4. The first-order valence-electron chi connectivity index (χ1n) is 10.2. The van der Waals surface area contributed by atoms with Crippen LogP contribution in [0.3, 0.4) is 0 Å². The van der Waals surface area contributed by atoms with Crippen molar-refractivity contribution in [1.29, 1.82) is 0 Å². The predicted octanol–water partition coefficient (Wildman–Crippen LogP) is 3.78. The fraction of sp³-hybridized carbons (Fsp3) is 0.273. The molecule has 0 saturated heterocycles. The van der Waals surface area contributed by atoms with Crippen LogP contribution in [0.5, 0.6) is 5.75 Å². The largest absolute Gasteiger partial charge is 0.508 e. The molecule has 0 aliphatic heterocycles. The Hall–Kier alpha value is -3.88. The number of carbonyl (C=O) groups excluding carboxylic acids is 1. The van der Waals surface area contributed by atoms with Crippen LogP contribution in [0, 0.1) is 0 Å². The molecule has 9 nitrogen and oxygen atoms in total. The van der Waals surface area contributed by atoms with E-state index in [0.717, 1.165) is 30.6 Å². The Kier molecular flexibility index (Phi) is 7.98. The molecule has 2 aromatic carbocycles. The van der Waals surface area contributed by atoms with Crippen molar-refractivity contribution in [2.45, 2.75) is 26.2 Å². The highest BCUT2D eigenvalue weighted by atomic mass is 16.3. The molecule has 0 fully saturated rings. The monoisotopic (exact) mass is 421 g/mol. The Labute approximate surface area is 181 Å². The van der Waals surface area contributed by atoms with E-state index >= 15 is 0 Å². The summed E-state index contributed by atoms with van der Waals surface area (Å²) in [6, 6.07) is 16.3. The number of phenolic OH excluding ortho intramolecular Hbond substituents is 1. The molecule has 1 amide bonds. The van der Waals surface area contributed by atoms with Gasteiger partial charge in [-0.2, -0.15) is 15.0 Å².